The Morgan fingerprint density at radius 3 is 1.07 bits per heavy atom. The van der Waals surface area contributed by atoms with Crippen molar-refractivity contribution in [3.63, 3.8) is 0 Å². The van der Waals surface area contributed by atoms with Crippen LogP contribution in [0, 0.1) is 0 Å². The summed E-state index contributed by atoms with van der Waals surface area (Å²) in [6.07, 6.45) is 3.01. The number of halogens is 4. The molecule has 12 nitrogen and oxygen atoms in total. The van der Waals surface area contributed by atoms with Crippen molar-refractivity contribution in [1.29, 1.82) is 0 Å². The van der Waals surface area contributed by atoms with E-state index in [1.165, 1.54) is 47.0 Å². The number of nitrogens with zero attached hydrogens (tertiary/aromatic N) is 4. The van der Waals surface area contributed by atoms with Crippen molar-refractivity contribution in [2.75, 3.05) is 68.5 Å². The minimum atomic E-state index is -3.86. The van der Waals surface area contributed by atoms with E-state index in [0.29, 0.717) is 25.9 Å². The molecule has 0 aliphatic heterocycles. The second-order valence-electron chi connectivity index (χ2n) is 10.9. The van der Waals surface area contributed by atoms with Crippen molar-refractivity contribution < 1.29 is 35.9 Å². The van der Waals surface area contributed by atoms with Crippen LogP contribution in [0.15, 0.2) is 51.9 Å². The first kappa shape index (κ1) is 41.2. The monoisotopic (exact) mass is 938 g/mol. The molecule has 0 fully saturated rings. The maximum Gasteiger partial charge on any atom is 0.423 e. The third-order valence-electron chi connectivity index (χ3n) is 6.57. The lowest BCUT2D eigenvalue weighted by Crippen LogP contribution is -2.29. The smallest absolute Gasteiger partial charge is 0.416 e. The number of hydrogen-bond donors (Lipinski definition) is 0. The predicted molar refractivity (Wildman–Crippen MR) is 190 cm³/mol. The Labute approximate surface area is 305 Å². The third-order valence-corrected chi connectivity index (χ3v) is 12.6. The molecule has 0 amide bonds. The molecule has 0 radical (unpaired) electrons. The first-order valence-electron chi connectivity index (χ1n) is 13.9. The maximum atomic E-state index is 13.1. The number of carbonyl (C=O) groups is 2. The van der Waals surface area contributed by atoms with Crippen molar-refractivity contribution in [3.05, 3.63) is 42.2 Å². The molecule has 0 N–H and O–H groups in total. The van der Waals surface area contributed by atoms with Gasteiger partial charge in [-0.2, -0.15) is 0 Å². The van der Waals surface area contributed by atoms with E-state index in [4.69, 9.17) is 9.47 Å². The molecule has 0 heterocycles. The highest BCUT2D eigenvalue weighted by atomic mass is 79.9. The molecule has 0 aliphatic rings. The van der Waals surface area contributed by atoms with E-state index in [1.807, 2.05) is 38.0 Å². The van der Waals surface area contributed by atoms with E-state index in [0.717, 1.165) is 25.9 Å². The number of sulfonamides is 2. The second kappa shape index (κ2) is 18.2. The Morgan fingerprint density at radius 1 is 0.543 bits per heavy atom. The molecule has 0 aromatic heterocycles. The van der Waals surface area contributed by atoms with Crippen LogP contribution in [-0.2, 0) is 29.6 Å². The van der Waals surface area contributed by atoms with Crippen LogP contribution in [0.25, 0.3) is 0 Å². The summed E-state index contributed by atoms with van der Waals surface area (Å²) in [5.41, 5.74) is 0. The number of esters is 2. The van der Waals surface area contributed by atoms with Gasteiger partial charge < -0.3 is 19.3 Å². The number of ether oxygens (including phenoxy) is 2. The van der Waals surface area contributed by atoms with E-state index in [1.54, 1.807) is 0 Å². The highest BCUT2D eigenvalue weighted by Gasteiger charge is 2.29. The zero-order chi connectivity index (χ0) is 35.0. The van der Waals surface area contributed by atoms with E-state index >= 15 is 0 Å². The van der Waals surface area contributed by atoms with Gasteiger partial charge in [0.1, 0.15) is 0 Å². The first-order chi connectivity index (χ1) is 21.3. The van der Waals surface area contributed by atoms with Gasteiger partial charge in [-0.1, -0.05) is 0 Å². The lowest BCUT2D eigenvalue weighted by Gasteiger charge is -2.19. The van der Waals surface area contributed by atoms with E-state index < -0.39 is 32.0 Å². The minimum absolute atomic E-state index is 0.0501. The fraction of sp³-hybridized carbons (Fsp3) is 0.500. The zero-order valence-corrected chi connectivity index (χ0v) is 34.3. The van der Waals surface area contributed by atoms with Gasteiger partial charge in [-0.3, -0.25) is 0 Å². The molecule has 0 unspecified atom stereocenters. The van der Waals surface area contributed by atoms with Gasteiger partial charge >= 0.3 is 11.9 Å². The molecular formula is C28H38Br4N4O8S2. The summed E-state index contributed by atoms with van der Waals surface area (Å²) in [6, 6.07) is 5.10. The fourth-order valence-electron chi connectivity index (χ4n) is 3.96. The number of carbonyl (C=O) groups excluding carboxylic acids is 2. The molecule has 2 aromatic rings. The average molecular weight is 942 g/mol. The van der Waals surface area contributed by atoms with Crippen LogP contribution in [0.2, 0.25) is 0 Å². The van der Waals surface area contributed by atoms with Gasteiger partial charge in [0.25, 0.3) is 0 Å². The van der Waals surface area contributed by atoms with E-state index in [2.05, 4.69) is 63.7 Å². The van der Waals surface area contributed by atoms with Crippen LogP contribution < -0.4 is 9.47 Å². The van der Waals surface area contributed by atoms with Crippen LogP contribution in [0.3, 0.4) is 0 Å². The normalized spacial score (nSPS) is 12.4. The summed E-state index contributed by atoms with van der Waals surface area (Å²) in [4.78, 5) is 29.4. The Kier molecular flexibility index (Phi) is 16.3. The van der Waals surface area contributed by atoms with Crippen LogP contribution in [0.5, 0.6) is 11.5 Å². The number of hydrogen-bond acceptors (Lipinski definition) is 10. The maximum absolute atomic E-state index is 13.1. The number of rotatable bonds is 16. The Bertz CT molecular complexity index is 1460. The summed E-state index contributed by atoms with van der Waals surface area (Å²) in [7, 11) is 3.05. The summed E-state index contributed by atoms with van der Waals surface area (Å²) in [6.45, 7) is 2.31. The van der Waals surface area contributed by atoms with Gasteiger partial charge in [-0.05, 0) is 155 Å². The van der Waals surface area contributed by atoms with Crippen LogP contribution in [0.1, 0.15) is 25.7 Å². The van der Waals surface area contributed by atoms with Crippen LogP contribution in [-0.4, -0.2) is 116 Å². The molecule has 18 heteroatoms. The lowest BCUT2D eigenvalue weighted by atomic mass is 10.3. The second-order valence-corrected chi connectivity index (χ2v) is 18.4. The summed E-state index contributed by atoms with van der Waals surface area (Å²) < 4.78 is 65.8. The highest BCUT2D eigenvalue weighted by Crippen LogP contribution is 2.39. The molecule has 46 heavy (non-hydrogen) atoms. The zero-order valence-electron chi connectivity index (χ0n) is 26.3. The SMILES string of the molecule is CN(C)CCCCN(C)S(=O)(=O)c1cc(Br)c(OC(=O)C(=O)Oc2c(Br)cc(S(=O)(=O)N(C)CCCCN(C)C)cc2Br)c(Br)c1. The summed E-state index contributed by atoms with van der Waals surface area (Å²) in [5, 5.41) is 0. The van der Waals surface area contributed by atoms with Gasteiger partial charge in [-0.25, -0.2) is 35.0 Å². The van der Waals surface area contributed by atoms with Crippen LogP contribution >= 0.6 is 63.7 Å². The predicted octanol–water partition coefficient (Wildman–Crippen LogP) is 5.17. The highest BCUT2D eigenvalue weighted by molar-refractivity contribution is 9.11. The Balaban J connectivity index is 2.14. The Hall–Kier alpha value is -0.960. The molecule has 0 saturated carbocycles. The molecule has 0 aliphatic carbocycles. The molecule has 0 saturated heterocycles. The molecule has 2 rings (SSSR count). The van der Waals surface area contributed by atoms with Crippen molar-refractivity contribution in [3.8, 4) is 11.5 Å². The molecule has 2 aromatic carbocycles. The van der Waals surface area contributed by atoms with Gasteiger partial charge in [0.05, 0.1) is 27.7 Å². The van der Waals surface area contributed by atoms with Crippen molar-refractivity contribution in [2.45, 2.75) is 35.5 Å². The van der Waals surface area contributed by atoms with Crippen LogP contribution in [0.4, 0.5) is 0 Å². The summed E-state index contributed by atoms with van der Waals surface area (Å²) in [5.74, 6) is -3.07. The van der Waals surface area contributed by atoms with Gasteiger partial charge in [0.15, 0.2) is 11.5 Å². The lowest BCUT2D eigenvalue weighted by molar-refractivity contribution is -0.156. The third kappa shape index (κ3) is 11.6. The fourth-order valence-corrected chi connectivity index (χ4v) is 9.79. The van der Waals surface area contributed by atoms with Crippen molar-refractivity contribution in [2.24, 2.45) is 0 Å². The van der Waals surface area contributed by atoms with Gasteiger partial charge in [0.2, 0.25) is 20.0 Å². The standard InChI is InChI=1S/C28H38Br4N4O8S2/c1-33(2)11-7-9-13-35(5)45(39,40)19-15-21(29)25(22(30)16-19)43-27(37)28(38)44-26-23(31)17-20(18-24(26)32)46(41,42)36(6)14-10-8-12-34(3)4/h15-18H,7-14H2,1-6H3. The van der Waals surface area contributed by atoms with Gasteiger partial charge in [0, 0.05) is 27.2 Å². The topological polar surface area (TPSA) is 134 Å². The Morgan fingerprint density at radius 2 is 0.804 bits per heavy atom. The van der Waals surface area contributed by atoms with E-state index in [-0.39, 0.29) is 39.2 Å². The molecule has 0 atom stereocenters. The largest absolute Gasteiger partial charge is 0.423 e. The molecule has 0 spiro atoms. The molecule has 258 valence electrons. The van der Waals surface area contributed by atoms with E-state index in [9.17, 15) is 26.4 Å². The minimum Gasteiger partial charge on any atom is -0.416 e. The summed E-state index contributed by atoms with van der Waals surface area (Å²) >= 11 is 12.9. The number of unbranched alkanes of at least 4 members (excludes halogenated alkanes) is 2. The molecule has 0 bridgehead atoms. The quantitative estimate of drug-likeness (QED) is 0.0962. The molecular weight excluding hydrogens is 904 g/mol. The van der Waals surface area contributed by atoms with Gasteiger partial charge in [-0.15, -0.1) is 0 Å². The number of benzene rings is 2. The average Bonchev–Trinajstić information content (AvgIpc) is 2.96. The van der Waals surface area contributed by atoms with Crippen molar-refractivity contribution >= 4 is 95.7 Å². The van der Waals surface area contributed by atoms with Crippen molar-refractivity contribution in [1.82, 2.24) is 18.4 Å². The first-order valence-corrected chi connectivity index (χ1v) is 20.0.